The number of nitrogens with zero attached hydrogens (tertiary/aromatic N) is 1. The van der Waals surface area contributed by atoms with E-state index in [0.29, 0.717) is 0 Å². The molecule has 12 heavy (non-hydrogen) atoms. The molecule has 0 bridgehead atoms. The zero-order chi connectivity index (χ0) is 8.55. The van der Waals surface area contributed by atoms with Crippen molar-refractivity contribution in [2.75, 3.05) is 5.32 Å². The van der Waals surface area contributed by atoms with Gasteiger partial charge in [0.05, 0.1) is 0 Å². The maximum atomic E-state index is 4.19. The first-order chi connectivity index (χ1) is 5.77. The molecule has 1 N–H and O–H groups in total. The van der Waals surface area contributed by atoms with Crippen molar-refractivity contribution in [2.24, 2.45) is 0 Å². The van der Waals surface area contributed by atoms with Gasteiger partial charge in [0.2, 0.25) is 0 Å². The largest absolute Gasteiger partial charge is 0.340 e. The second-order valence-electron chi connectivity index (χ2n) is 2.87. The normalized spacial score (nSPS) is 14.8. The quantitative estimate of drug-likeness (QED) is 0.627. The molecule has 2 heterocycles. The minimum Gasteiger partial charge on any atom is -0.340 e. The molecule has 1 aliphatic heterocycles. The van der Waals surface area contributed by atoms with E-state index in [-0.39, 0.29) is 0 Å². The lowest BCUT2D eigenvalue weighted by molar-refractivity contribution is 1.23. The van der Waals surface area contributed by atoms with Gasteiger partial charge in [-0.2, -0.15) is 0 Å². The fraction of sp³-hybridized carbons (Fsp3) is 0.100. The van der Waals surface area contributed by atoms with Crippen molar-refractivity contribution in [2.45, 2.75) is 6.92 Å². The molecule has 0 unspecified atom stereocenters. The summed E-state index contributed by atoms with van der Waals surface area (Å²) >= 11 is 0. The second-order valence-corrected chi connectivity index (χ2v) is 2.87. The van der Waals surface area contributed by atoms with Crippen LogP contribution in [0.1, 0.15) is 12.5 Å². The number of rotatable bonds is 0. The van der Waals surface area contributed by atoms with E-state index < -0.39 is 0 Å². The van der Waals surface area contributed by atoms with Gasteiger partial charge in [0, 0.05) is 17.5 Å². The zero-order valence-corrected chi connectivity index (χ0v) is 6.96. The third-order valence-electron chi connectivity index (χ3n) is 1.96. The molecule has 2 rings (SSSR count). The van der Waals surface area contributed by atoms with E-state index >= 15 is 0 Å². The highest BCUT2D eigenvalue weighted by atomic mass is 15.0. The van der Waals surface area contributed by atoms with Crippen LogP contribution >= 0.6 is 0 Å². The third kappa shape index (κ3) is 1.01. The van der Waals surface area contributed by atoms with Gasteiger partial charge in [-0.05, 0) is 30.7 Å². The Morgan fingerprint density at radius 3 is 3.17 bits per heavy atom. The summed E-state index contributed by atoms with van der Waals surface area (Å²) in [5, 5.41) is 3.14. The van der Waals surface area contributed by atoms with Crippen LogP contribution in [0.3, 0.4) is 0 Å². The number of nitrogens with one attached hydrogen (secondary N) is 1. The molecule has 1 aliphatic rings. The molecule has 0 fully saturated rings. The lowest BCUT2D eigenvalue weighted by atomic mass is 10.1. The SMILES string of the molecule is C=C1Nc2ncccc2C=C1C. The number of allylic oxidation sites excluding steroid dienone is 1. The van der Waals surface area contributed by atoms with E-state index in [4.69, 9.17) is 0 Å². The maximum Gasteiger partial charge on any atom is 0.137 e. The number of fused-ring (bicyclic) bond motifs is 1. The van der Waals surface area contributed by atoms with Crippen molar-refractivity contribution in [1.29, 1.82) is 0 Å². The number of pyridine rings is 1. The molecule has 0 aliphatic carbocycles. The Morgan fingerprint density at radius 1 is 1.50 bits per heavy atom. The van der Waals surface area contributed by atoms with Crippen LogP contribution in [0.4, 0.5) is 5.82 Å². The van der Waals surface area contributed by atoms with Crippen LogP contribution < -0.4 is 5.32 Å². The van der Waals surface area contributed by atoms with Crippen LogP contribution in [0.5, 0.6) is 0 Å². The molecule has 0 spiro atoms. The summed E-state index contributed by atoms with van der Waals surface area (Å²) in [5.41, 5.74) is 3.22. The third-order valence-corrected chi connectivity index (χ3v) is 1.96. The molecule has 2 nitrogen and oxygen atoms in total. The molecule has 0 radical (unpaired) electrons. The van der Waals surface area contributed by atoms with Gasteiger partial charge in [-0.25, -0.2) is 4.98 Å². The van der Waals surface area contributed by atoms with Gasteiger partial charge >= 0.3 is 0 Å². The first-order valence-corrected chi connectivity index (χ1v) is 3.87. The van der Waals surface area contributed by atoms with Crippen molar-refractivity contribution in [1.82, 2.24) is 4.98 Å². The zero-order valence-electron chi connectivity index (χ0n) is 6.96. The van der Waals surface area contributed by atoms with E-state index in [1.807, 2.05) is 19.1 Å². The van der Waals surface area contributed by atoms with Gasteiger partial charge in [-0.3, -0.25) is 0 Å². The first kappa shape index (κ1) is 7.10. The molecule has 1 aromatic heterocycles. The molecule has 0 saturated heterocycles. The van der Waals surface area contributed by atoms with Gasteiger partial charge in [0.15, 0.2) is 0 Å². The van der Waals surface area contributed by atoms with Crippen molar-refractivity contribution in [3.05, 3.63) is 41.7 Å². The Morgan fingerprint density at radius 2 is 2.33 bits per heavy atom. The summed E-state index contributed by atoms with van der Waals surface area (Å²) in [6, 6.07) is 3.96. The predicted molar refractivity (Wildman–Crippen MR) is 50.7 cm³/mol. The number of anilines is 1. The molecular weight excluding hydrogens is 148 g/mol. The maximum absolute atomic E-state index is 4.19. The Balaban J connectivity index is 2.56. The van der Waals surface area contributed by atoms with Crippen molar-refractivity contribution < 1.29 is 0 Å². The Hall–Kier alpha value is -1.57. The topological polar surface area (TPSA) is 24.9 Å². The lowest BCUT2D eigenvalue weighted by Crippen LogP contribution is -2.06. The van der Waals surface area contributed by atoms with Crippen molar-refractivity contribution >= 4 is 11.9 Å². The summed E-state index contributed by atoms with van der Waals surface area (Å²) in [4.78, 5) is 4.19. The van der Waals surface area contributed by atoms with Gasteiger partial charge in [-0.1, -0.05) is 6.58 Å². The summed E-state index contributed by atoms with van der Waals surface area (Å²) in [6.07, 6.45) is 3.86. The van der Waals surface area contributed by atoms with Gasteiger partial charge < -0.3 is 5.32 Å². The van der Waals surface area contributed by atoms with E-state index in [2.05, 4.69) is 23.0 Å². The Bertz CT molecular complexity index is 364. The summed E-state index contributed by atoms with van der Waals surface area (Å²) in [6.45, 7) is 5.91. The molecule has 0 aromatic carbocycles. The molecule has 2 heteroatoms. The van der Waals surface area contributed by atoms with E-state index in [1.165, 1.54) is 0 Å². The number of hydrogen-bond acceptors (Lipinski definition) is 2. The van der Waals surface area contributed by atoms with Gasteiger partial charge in [0.25, 0.3) is 0 Å². The highest BCUT2D eigenvalue weighted by Crippen LogP contribution is 2.25. The van der Waals surface area contributed by atoms with Crippen LogP contribution in [0.15, 0.2) is 36.2 Å². The minimum absolute atomic E-state index is 0.896. The molecule has 1 aromatic rings. The second kappa shape index (κ2) is 2.48. The summed E-state index contributed by atoms with van der Waals surface area (Å²) in [5.74, 6) is 0.896. The van der Waals surface area contributed by atoms with Crippen LogP contribution in [-0.2, 0) is 0 Å². The Labute approximate surface area is 71.6 Å². The Kier molecular flexibility index (Phi) is 1.47. The first-order valence-electron chi connectivity index (χ1n) is 3.87. The molecular formula is C10H10N2. The lowest BCUT2D eigenvalue weighted by Gasteiger charge is -2.16. The molecule has 60 valence electrons. The van der Waals surface area contributed by atoms with Crippen LogP contribution in [0.2, 0.25) is 0 Å². The fourth-order valence-corrected chi connectivity index (χ4v) is 1.20. The van der Waals surface area contributed by atoms with Crippen molar-refractivity contribution in [3.63, 3.8) is 0 Å². The average Bonchev–Trinajstić information content (AvgIpc) is 2.07. The summed E-state index contributed by atoms with van der Waals surface area (Å²) in [7, 11) is 0. The smallest absolute Gasteiger partial charge is 0.137 e. The molecule has 0 saturated carbocycles. The number of aromatic nitrogens is 1. The van der Waals surface area contributed by atoms with E-state index in [0.717, 1.165) is 22.7 Å². The van der Waals surface area contributed by atoms with Crippen LogP contribution in [0, 0.1) is 0 Å². The highest BCUT2D eigenvalue weighted by molar-refractivity contribution is 5.74. The van der Waals surface area contributed by atoms with Crippen LogP contribution in [0.25, 0.3) is 6.08 Å². The number of hydrogen-bond donors (Lipinski definition) is 1. The van der Waals surface area contributed by atoms with E-state index in [9.17, 15) is 0 Å². The standard InChI is InChI=1S/C10H10N2/c1-7-6-9-4-3-5-11-10(9)12-8(7)2/h3-6H,2H2,1H3,(H,11,12). The minimum atomic E-state index is 0.896. The summed E-state index contributed by atoms with van der Waals surface area (Å²) < 4.78 is 0. The van der Waals surface area contributed by atoms with Crippen LogP contribution in [-0.4, -0.2) is 4.98 Å². The molecule has 0 amide bonds. The van der Waals surface area contributed by atoms with Gasteiger partial charge in [0.1, 0.15) is 5.82 Å². The fourth-order valence-electron chi connectivity index (χ4n) is 1.20. The monoisotopic (exact) mass is 158 g/mol. The predicted octanol–water partition coefficient (Wildman–Crippen LogP) is 2.42. The highest BCUT2D eigenvalue weighted by Gasteiger charge is 2.09. The van der Waals surface area contributed by atoms with Crippen molar-refractivity contribution in [3.8, 4) is 0 Å². The molecule has 0 atom stereocenters. The van der Waals surface area contributed by atoms with E-state index in [1.54, 1.807) is 6.20 Å². The van der Waals surface area contributed by atoms with Gasteiger partial charge in [-0.15, -0.1) is 0 Å². The average molecular weight is 158 g/mol.